The van der Waals surface area contributed by atoms with Crippen LogP contribution in [0.4, 0.5) is 5.82 Å². The molecule has 29 heavy (non-hydrogen) atoms. The minimum Gasteiger partial charge on any atom is -0.369 e. The molecule has 4 aromatic rings. The number of fused-ring (bicyclic) bond motifs is 2. The van der Waals surface area contributed by atoms with Crippen LogP contribution in [0, 0.1) is 0 Å². The van der Waals surface area contributed by atoms with Gasteiger partial charge in [0.2, 0.25) is 0 Å². The third-order valence-corrected chi connectivity index (χ3v) is 5.43. The molecule has 0 fully saturated rings. The number of amides is 1. The van der Waals surface area contributed by atoms with Crippen LogP contribution >= 0.6 is 23.5 Å². The van der Waals surface area contributed by atoms with Crippen LogP contribution in [0.15, 0.2) is 29.6 Å². The smallest absolute Gasteiger partial charge is 0.251 e. The number of anilines is 1. The third-order valence-electron chi connectivity index (χ3n) is 4.33. The van der Waals surface area contributed by atoms with Crippen molar-refractivity contribution in [1.82, 2.24) is 33.8 Å². The average Bonchev–Trinajstić information content (AvgIpc) is 3.38. The number of hydrogen-bond acceptors (Lipinski definition) is 9. The number of rotatable bonds is 8. The Morgan fingerprint density at radius 1 is 1.21 bits per heavy atom. The van der Waals surface area contributed by atoms with Gasteiger partial charge in [-0.15, -0.1) is 0 Å². The van der Waals surface area contributed by atoms with E-state index in [-0.39, 0.29) is 5.91 Å². The molecule has 1 amide bonds. The van der Waals surface area contributed by atoms with E-state index in [1.165, 1.54) is 11.8 Å². The van der Waals surface area contributed by atoms with Crippen LogP contribution < -0.4 is 10.6 Å². The van der Waals surface area contributed by atoms with E-state index in [0.29, 0.717) is 23.8 Å². The molecule has 0 aliphatic heterocycles. The van der Waals surface area contributed by atoms with Crippen LogP contribution in [0.5, 0.6) is 0 Å². The zero-order valence-electron chi connectivity index (χ0n) is 16.0. The summed E-state index contributed by atoms with van der Waals surface area (Å²) in [6, 6.07) is 5.31. The Labute approximate surface area is 175 Å². The fraction of sp³-hybridized carbons (Fsp3) is 0.333. The highest BCUT2D eigenvalue weighted by atomic mass is 32.2. The van der Waals surface area contributed by atoms with Crippen molar-refractivity contribution >= 4 is 57.3 Å². The molecule has 1 aromatic carbocycles. The van der Waals surface area contributed by atoms with Crippen molar-refractivity contribution < 1.29 is 4.79 Å². The molecule has 11 heteroatoms. The lowest BCUT2D eigenvalue weighted by Crippen LogP contribution is -2.27. The van der Waals surface area contributed by atoms with Crippen LogP contribution in [-0.4, -0.2) is 53.7 Å². The summed E-state index contributed by atoms with van der Waals surface area (Å²) in [5, 5.41) is 12.3. The molecule has 9 nitrogen and oxygen atoms in total. The number of nitrogens with zero attached hydrogens (tertiary/aromatic N) is 6. The zero-order valence-corrected chi connectivity index (χ0v) is 17.7. The molecule has 0 unspecified atom stereocenters. The predicted molar refractivity (Wildman–Crippen MR) is 116 cm³/mol. The maximum atomic E-state index is 12.5. The Morgan fingerprint density at radius 2 is 2.07 bits per heavy atom. The van der Waals surface area contributed by atoms with Gasteiger partial charge in [0.1, 0.15) is 16.9 Å². The van der Waals surface area contributed by atoms with Gasteiger partial charge < -0.3 is 10.6 Å². The summed E-state index contributed by atoms with van der Waals surface area (Å²) in [4.78, 5) is 21.6. The van der Waals surface area contributed by atoms with Crippen LogP contribution in [0.1, 0.15) is 23.7 Å². The van der Waals surface area contributed by atoms with Gasteiger partial charge in [0.25, 0.3) is 5.91 Å². The molecular formula is C18H20N8OS2. The predicted octanol–water partition coefficient (Wildman–Crippen LogP) is 2.80. The lowest BCUT2D eigenvalue weighted by atomic mass is 10.2. The summed E-state index contributed by atoms with van der Waals surface area (Å²) in [5.41, 5.74) is 2.85. The molecule has 0 saturated carbocycles. The second-order valence-electron chi connectivity index (χ2n) is 6.31. The van der Waals surface area contributed by atoms with Gasteiger partial charge in [0, 0.05) is 18.7 Å². The first-order chi connectivity index (χ1) is 14.2. The number of aromatic nitrogens is 6. The van der Waals surface area contributed by atoms with E-state index in [0.717, 1.165) is 52.6 Å². The van der Waals surface area contributed by atoms with Gasteiger partial charge in [0.05, 0.1) is 29.9 Å². The summed E-state index contributed by atoms with van der Waals surface area (Å²) in [6.07, 6.45) is 4.71. The van der Waals surface area contributed by atoms with Gasteiger partial charge in [-0.25, -0.2) is 14.6 Å². The molecule has 150 valence electrons. The minimum atomic E-state index is -0.152. The summed E-state index contributed by atoms with van der Waals surface area (Å²) in [6.45, 7) is 3.88. The van der Waals surface area contributed by atoms with Crippen LogP contribution in [0.2, 0.25) is 0 Å². The number of thioether (sulfide) groups is 1. The summed E-state index contributed by atoms with van der Waals surface area (Å²) < 4.78 is 10.1. The van der Waals surface area contributed by atoms with Crippen molar-refractivity contribution in [2.75, 3.05) is 24.7 Å². The van der Waals surface area contributed by atoms with Crippen molar-refractivity contribution in [2.45, 2.75) is 25.0 Å². The van der Waals surface area contributed by atoms with Crippen molar-refractivity contribution in [2.24, 2.45) is 0 Å². The quantitative estimate of drug-likeness (QED) is 0.326. The van der Waals surface area contributed by atoms with Gasteiger partial charge in [-0.2, -0.15) is 13.8 Å². The van der Waals surface area contributed by atoms with Gasteiger partial charge >= 0.3 is 0 Å². The number of nitrogens with one attached hydrogen (secondary N) is 2. The van der Waals surface area contributed by atoms with Crippen molar-refractivity contribution in [3.05, 3.63) is 30.0 Å². The first-order valence-corrected chi connectivity index (χ1v) is 11.2. The van der Waals surface area contributed by atoms with E-state index < -0.39 is 0 Å². The monoisotopic (exact) mass is 428 g/mol. The highest BCUT2D eigenvalue weighted by molar-refractivity contribution is 7.98. The maximum Gasteiger partial charge on any atom is 0.251 e. The second-order valence-corrected chi connectivity index (χ2v) is 7.62. The fourth-order valence-corrected chi connectivity index (χ4v) is 3.75. The first-order valence-electron chi connectivity index (χ1n) is 9.21. The molecule has 2 N–H and O–H groups in total. The molecule has 0 atom stereocenters. The van der Waals surface area contributed by atoms with E-state index in [1.807, 2.05) is 6.26 Å². The van der Waals surface area contributed by atoms with E-state index in [2.05, 4.69) is 41.4 Å². The molecule has 0 radical (unpaired) electrons. The number of carbonyl (C=O) groups is 1. The molecule has 0 aliphatic carbocycles. The SMILES string of the molecule is CCCNc1nc(SC)nc2c1cnn2CCNC(=O)c1ccc2nsnc2c1. The van der Waals surface area contributed by atoms with Crippen LogP contribution in [-0.2, 0) is 6.54 Å². The standard InChI is InChI=1S/C18H20N8OS2/c1-3-6-19-15-12-10-21-26(16(12)23-18(22-15)28-2)8-7-20-17(27)11-4-5-13-14(9-11)25-29-24-13/h4-5,9-10H,3,6-8H2,1-2H3,(H,20,27)(H,19,22,23). The zero-order chi connectivity index (χ0) is 20.2. The van der Waals surface area contributed by atoms with Gasteiger partial charge in [-0.3, -0.25) is 4.79 Å². The van der Waals surface area contributed by atoms with Crippen molar-refractivity contribution in [3.8, 4) is 0 Å². The maximum absolute atomic E-state index is 12.5. The lowest BCUT2D eigenvalue weighted by Gasteiger charge is -2.09. The van der Waals surface area contributed by atoms with E-state index >= 15 is 0 Å². The molecule has 0 bridgehead atoms. The van der Waals surface area contributed by atoms with Crippen LogP contribution in [0.25, 0.3) is 22.1 Å². The summed E-state index contributed by atoms with van der Waals surface area (Å²) in [5.74, 6) is 0.641. The number of carbonyl (C=O) groups excluding carboxylic acids is 1. The second kappa shape index (κ2) is 8.70. The molecule has 0 saturated heterocycles. The largest absolute Gasteiger partial charge is 0.369 e. The van der Waals surface area contributed by atoms with Crippen molar-refractivity contribution in [3.63, 3.8) is 0 Å². The van der Waals surface area contributed by atoms with Crippen molar-refractivity contribution in [1.29, 1.82) is 0 Å². The topological polar surface area (TPSA) is 111 Å². The first kappa shape index (κ1) is 19.5. The Kier molecular flexibility index (Phi) is 5.86. The molecule has 0 spiro atoms. The molecule has 0 aliphatic rings. The summed E-state index contributed by atoms with van der Waals surface area (Å²) >= 11 is 2.62. The van der Waals surface area contributed by atoms with Crippen LogP contribution in [0.3, 0.4) is 0 Å². The Morgan fingerprint density at radius 3 is 2.90 bits per heavy atom. The van der Waals surface area contributed by atoms with E-state index in [4.69, 9.17) is 0 Å². The number of hydrogen-bond donors (Lipinski definition) is 2. The number of benzene rings is 1. The van der Waals surface area contributed by atoms with Gasteiger partial charge in [-0.05, 0) is 30.9 Å². The highest BCUT2D eigenvalue weighted by Gasteiger charge is 2.13. The third kappa shape index (κ3) is 4.15. The molecule has 4 rings (SSSR count). The summed E-state index contributed by atoms with van der Waals surface area (Å²) in [7, 11) is 0. The fourth-order valence-electron chi connectivity index (χ4n) is 2.87. The Balaban J connectivity index is 1.47. The van der Waals surface area contributed by atoms with E-state index in [1.54, 1.807) is 29.1 Å². The molecule has 3 aromatic heterocycles. The lowest BCUT2D eigenvalue weighted by molar-refractivity contribution is 0.0952. The Hall–Kier alpha value is -2.79. The molecule has 3 heterocycles. The van der Waals surface area contributed by atoms with Gasteiger partial charge in [0.15, 0.2) is 10.8 Å². The Bertz CT molecular complexity index is 1160. The molecular weight excluding hydrogens is 408 g/mol. The van der Waals surface area contributed by atoms with Gasteiger partial charge in [-0.1, -0.05) is 18.7 Å². The average molecular weight is 429 g/mol. The van der Waals surface area contributed by atoms with E-state index in [9.17, 15) is 4.79 Å². The highest BCUT2D eigenvalue weighted by Crippen LogP contribution is 2.23. The minimum absolute atomic E-state index is 0.152. The normalized spacial score (nSPS) is 11.2.